The Morgan fingerprint density at radius 3 is 2.71 bits per heavy atom. The summed E-state index contributed by atoms with van der Waals surface area (Å²) in [6.45, 7) is 5.63. The van der Waals surface area contributed by atoms with Crippen LogP contribution in [0.25, 0.3) is 0 Å². The molecule has 1 fully saturated rings. The molecule has 1 aliphatic heterocycles. The van der Waals surface area contributed by atoms with Gasteiger partial charge in [-0.05, 0) is 32.9 Å². The molecule has 1 rings (SSSR count). The summed E-state index contributed by atoms with van der Waals surface area (Å²) >= 11 is 0. The predicted octanol–water partition coefficient (Wildman–Crippen LogP) is -0.0643. The SMILES string of the molecule is CCNC(=O)CCN1CCC(N)CC1. The molecule has 82 valence electrons. The molecule has 0 atom stereocenters. The highest BCUT2D eigenvalue weighted by Crippen LogP contribution is 2.07. The van der Waals surface area contributed by atoms with E-state index in [1.54, 1.807) is 0 Å². The standard InChI is InChI=1S/C10H21N3O/c1-2-12-10(14)5-8-13-6-3-9(11)4-7-13/h9H,2-8,11H2,1H3,(H,12,14). The van der Waals surface area contributed by atoms with E-state index in [2.05, 4.69) is 10.2 Å². The monoisotopic (exact) mass is 199 g/mol. The molecule has 0 radical (unpaired) electrons. The molecule has 0 bridgehead atoms. The third-order valence-corrected chi connectivity index (χ3v) is 2.66. The van der Waals surface area contributed by atoms with Crippen LogP contribution in [0.5, 0.6) is 0 Å². The molecule has 1 heterocycles. The van der Waals surface area contributed by atoms with Crippen molar-refractivity contribution in [2.75, 3.05) is 26.2 Å². The number of rotatable bonds is 4. The van der Waals surface area contributed by atoms with Crippen molar-refractivity contribution >= 4 is 5.91 Å². The summed E-state index contributed by atoms with van der Waals surface area (Å²) in [5, 5.41) is 2.80. The van der Waals surface area contributed by atoms with Crippen LogP contribution in [0.3, 0.4) is 0 Å². The molecule has 0 aliphatic carbocycles. The summed E-state index contributed by atoms with van der Waals surface area (Å²) in [5.41, 5.74) is 5.79. The summed E-state index contributed by atoms with van der Waals surface area (Å²) in [6.07, 6.45) is 2.74. The lowest BCUT2D eigenvalue weighted by molar-refractivity contribution is -0.121. The minimum Gasteiger partial charge on any atom is -0.356 e. The quantitative estimate of drug-likeness (QED) is 0.666. The highest BCUT2D eigenvalue weighted by molar-refractivity contribution is 5.75. The Morgan fingerprint density at radius 2 is 2.14 bits per heavy atom. The lowest BCUT2D eigenvalue weighted by Gasteiger charge is -2.29. The molecule has 0 unspecified atom stereocenters. The first-order valence-electron chi connectivity index (χ1n) is 5.47. The van der Waals surface area contributed by atoms with Crippen molar-refractivity contribution in [2.24, 2.45) is 5.73 Å². The minimum absolute atomic E-state index is 0.155. The summed E-state index contributed by atoms with van der Waals surface area (Å²) in [7, 11) is 0. The lowest BCUT2D eigenvalue weighted by atomic mass is 10.1. The Kier molecular flexibility index (Phi) is 4.90. The number of likely N-dealkylation sites (tertiary alicyclic amines) is 1. The molecule has 1 amide bonds. The van der Waals surface area contributed by atoms with Crippen LogP contribution in [-0.2, 0) is 4.79 Å². The van der Waals surface area contributed by atoms with Gasteiger partial charge in [0.15, 0.2) is 0 Å². The largest absolute Gasteiger partial charge is 0.356 e. The van der Waals surface area contributed by atoms with E-state index in [1.165, 1.54) is 0 Å². The molecular weight excluding hydrogens is 178 g/mol. The van der Waals surface area contributed by atoms with Gasteiger partial charge in [0.2, 0.25) is 5.91 Å². The fourth-order valence-corrected chi connectivity index (χ4v) is 1.72. The summed E-state index contributed by atoms with van der Waals surface area (Å²) in [6, 6.07) is 0.371. The first-order valence-corrected chi connectivity index (χ1v) is 5.47. The van der Waals surface area contributed by atoms with Crippen molar-refractivity contribution in [3.05, 3.63) is 0 Å². The molecule has 0 spiro atoms. The van der Waals surface area contributed by atoms with E-state index < -0.39 is 0 Å². The van der Waals surface area contributed by atoms with E-state index in [1.807, 2.05) is 6.92 Å². The fourth-order valence-electron chi connectivity index (χ4n) is 1.72. The number of piperidine rings is 1. The van der Waals surface area contributed by atoms with Gasteiger partial charge in [0.1, 0.15) is 0 Å². The number of nitrogens with two attached hydrogens (primary N) is 1. The van der Waals surface area contributed by atoms with Crippen LogP contribution >= 0.6 is 0 Å². The van der Waals surface area contributed by atoms with Crippen LogP contribution in [0.1, 0.15) is 26.2 Å². The van der Waals surface area contributed by atoms with Gasteiger partial charge in [0.25, 0.3) is 0 Å². The van der Waals surface area contributed by atoms with Gasteiger partial charge in [-0.25, -0.2) is 0 Å². The van der Waals surface area contributed by atoms with Crippen molar-refractivity contribution < 1.29 is 4.79 Å². The highest BCUT2D eigenvalue weighted by atomic mass is 16.1. The second kappa shape index (κ2) is 5.98. The van der Waals surface area contributed by atoms with Crippen molar-refractivity contribution in [2.45, 2.75) is 32.2 Å². The second-order valence-electron chi connectivity index (χ2n) is 3.88. The van der Waals surface area contributed by atoms with Gasteiger partial charge in [0, 0.05) is 25.6 Å². The smallest absolute Gasteiger partial charge is 0.221 e. The first-order chi connectivity index (χ1) is 6.72. The van der Waals surface area contributed by atoms with Crippen molar-refractivity contribution in [3.8, 4) is 0 Å². The maximum absolute atomic E-state index is 11.2. The predicted molar refractivity (Wildman–Crippen MR) is 57.0 cm³/mol. The molecule has 0 aromatic carbocycles. The summed E-state index contributed by atoms with van der Waals surface area (Å²) in [4.78, 5) is 13.5. The molecule has 14 heavy (non-hydrogen) atoms. The lowest BCUT2D eigenvalue weighted by Crippen LogP contribution is -2.41. The Balaban J connectivity index is 2.09. The molecule has 4 nitrogen and oxygen atoms in total. The van der Waals surface area contributed by atoms with Crippen molar-refractivity contribution in [1.29, 1.82) is 0 Å². The molecule has 4 heteroatoms. The second-order valence-corrected chi connectivity index (χ2v) is 3.88. The Bertz CT molecular complexity index is 176. The molecule has 0 aromatic heterocycles. The van der Waals surface area contributed by atoms with E-state index in [-0.39, 0.29) is 5.91 Å². The highest BCUT2D eigenvalue weighted by Gasteiger charge is 2.16. The van der Waals surface area contributed by atoms with Gasteiger partial charge < -0.3 is 16.0 Å². The normalized spacial score (nSPS) is 19.6. The van der Waals surface area contributed by atoms with Gasteiger partial charge >= 0.3 is 0 Å². The number of nitrogens with one attached hydrogen (secondary N) is 1. The van der Waals surface area contributed by atoms with Crippen LogP contribution in [0.4, 0.5) is 0 Å². The number of hydrogen-bond acceptors (Lipinski definition) is 3. The first kappa shape index (κ1) is 11.5. The van der Waals surface area contributed by atoms with Gasteiger partial charge in [-0.15, -0.1) is 0 Å². The summed E-state index contributed by atoms with van der Waals surface area (Å²) < 4.78 is 0. The zero-order valence-corrected chi connectivity index (χ0v) is 8.96. The van der Waals surface area contributed by atoms with Crippen molar-refractivity contribution in [3.63, 3.8) is 0 Å². The Morgan fingerprint density at radius 1 is 1.50 bits per heavy atom. The van der Waals surface area contributed by atoms with E-state index in [4.69, 9.17) is 5.73 Å². The maximum Gasteiger partial charge on any atom is 0.221 e. The molecule has 1 aliphatic rings. The fraction of sp³-hybridized carbons (Fsp3) is 0.900. The molecule has 1 saturated heterocycles. The van der Waals surface area contributed by atoms with E-state index >= 15 is 0 Å². The third kappa shape index (κ3) is 4.07. The van der Waals surface area contributed by atoms with Gasteiger partial charge in [-0.2, -0.15) is 0 Å². The number of nitrogens with zero attached hydrogens (tertiary/aromatic N) is 1. The number of carbonyl (C=O) groups is 1. The van der Waals surface area contributed by atoms with Crippen molar-refractivity contribution in [1.82, 2.24) is 10.2 Å². The van der Waals surface area contributed by atoms with Crippen LogP contribution in [0.2, 0.25) is 0 Å². The molecule has 0 aromatic rings. The number of hydrogen-bond donors (Lipinski definition) is 2. The third-order valence-electron chi connectivity index (χ3n) is 2.66. The van der Waals surface area contributed by atoms with E-state index in [0.29, 0.717) is 12.5 Å². The maximum atomic E-state index is 11.2. The zero-order valence-electron chi connectivity index (χ0n) is 8.96. The number of amides is 1. The average molecular weight is 199 g/mol. The molecular formula is C10H21N3O. The Hall–Kier alpha value is -0.610. The average Bonchev–Trinajstić information content (AvgIpc) is 2.17. The van der Waals surface area contributed by atoms with Gasteiger partial charge in [-0.3, -0.25) is 4.79 Å². The Labute approximate surface area is 85.8 Å². The van der Waals surface area contributed by atoms with Crippen LogP contribution < -0.4 is 11.1 Å². The topological polar surface area (TPSA) is 58.4 Å². The van der Waals surface area contributed by atoms with Crippen LogP contribution in [-0.4, -0.2) is 43.0 Å². The van der Waals surface area contributed by atoms with E-state index in [0.717, 1.165) is 39.0 Å². The zero-order chi connectivity index (χ0) is 10.4. The van der Waals surface area contributed by atoms with E-state index in [9.17, 15) is 4.79 Å². The van der Waals surface area contributed by atoms with Crippen LogP contribution in [0.15, 0.2) is 0 Å². The molecule has 0 saturated carbocycles. The molecule has 3 N–H and O–H groups in total. The van der Waals surface area contributed by atoms with Gasteiger partial charge in [0.05, 0.1) is 0 Å². The number of carbonyl (C=O) groups excluding carboxylic acids is 1. The summed E-state index contributed by atoms with van der Waals surface area (Å²) in [5.74, 6) is 0.155. The van der Waals surface area contributed by atoms with Crippen LogP contribution in [0, 0.1) is 0 Å². The van der Waals surface area contributed by atoms with Gasteiger partial charge in [-0.1, -0.05) is 0 Å². The minimum atomic E-state index is 0.155.